The van der Waals surface area contributed by atoms with Crippen molar-refractivity contribution in [3.63, 3.8) is 0 Å². The second-order valence-electron chi connectivity index (χ2n) is 9.71. The minimum atomic E-state index is -0.817. The maximum Gasteiger partial charge on any atom is 0.256 e. The predicted octanol–water partition coefficient (Wildman–Crippen LogP) is 7.08. The van der Waals surface area contributed by atoms with E-state index in [0.717, 1.165) is 34.5 Å². The van der Waals surface area contributed by atoms with E-state index >= 15 is 0 Å². The first-order valence-corrected chi connectivity index (χ1v) is 11.9. The van der Waals surface area contributed by atoms with Crippen molar-refractivity contribution in [3.8, 4) is 5.75 Å². The molecule has 0 aliphatic carbocycles. The van der Waals surface area contributed by atoms with E-state index in [0.29, 0.717) is 37.9 Å². The van der Waals surface area contributed by atoms with E-state index in [1.807, 2.05) is 44.2 Å². The van der Waals surface area contributed by atoms with Gasteiger partial charge in [0, 0.05) is 12.3 Å². The van der Waals surface area contributed by atoms with Gasteiger partial charge in [-0.3, -0.25) is 4.79 Å². The Morgan fingerprint density at radius 3 is 2.03 bits per heavy atom. The van der Waals surface area contributed by atoms with Gasteiger partial charge in [0.25, 0.3) is 5.91 Å². The van der Waals surface area contributed by atoms with E-state index in [1.54, 1.807) is 0 Å². The highest BCUT2D eigenvalue weighted by molar-refractivity contribution is 5.97. The standard InChI is InChI=1S/C28H41NO3/c1-8-14-32-28(17-20(2)3,18-21(4)5)27(30)29-25-15-22(6)26(23(7)16-25)31-19-24-12-10-9-11-13-24/h9-13,15-16,20-21H,8,14,17-19H2,1-7H3,(H,29,30). The number of hydrogen-bond donors (Lipinski definition) is 1. The van der Waals surface area contributed by atoms with E-state index < -0.39 is 5.60 Å². The third kappa shape index (κ3) is 7.37. The Morgan fingerprint density at radius 2 is 1.53 bits per heavy atom. The number of hydrogen-bond acceptors (Lipinski definition) is 3. The SMILES string of the molecule is CCCOC(CC(C)C)(CC(C)C)C(=O)Nc1cc(C)c(OCc2ccccc2)c(C)c1. The molecule has 176 valence electrons. The number of anilines is 1. The van der Waals surface area contributed by atoms with E-state index in [2.05, 4.69) is 52.1 Å². The summed E-state index contributed by atoms with van der Waals surface area (Å²) in [4.78, 5) is 13.6. The number of benzene rings is 2. The molecule has 0 atom stereocenters. The lowest BCUT2D eigenvalue weighted by Crippen LogP contribution is -2.48. The van der Waals surface area contributed by atoms with Crippen LogP contribution in [0.15, 0.2) is 42.5 Å². The summed E-state index contributed by atoms with van der Waals surface area (Å²) in [5, 5.41) is 3.17. The molecule has 0 radical (unpaired) electrons. The fraction of sp³-hybridized carbons (Fsp3) is 0.536. The van der Waals surface area contributed by atoms with E-state index in [4.69, 9.17) is 9.47 Å². The molecule has 0 aliphatic rings. The molecule has 4 heteroatoms. The number of ether oxygens (including phenoxy) is 2. The number of amides is 1. The smallest absolute Gasteiger partial charge is 0.256 e. The van der Waals surface area contributed by atoms with Crippen molar-refractivity contribution in [2.24, 2.45) is 11.8 Å². The maximum atomic E-state index is 13.6. The summed E-state index contributed by atoms with van der Waals surface area (Å²) in [7, 11) is 0. The minimum absolute atomic E-state index is 0.0508. The van der Waals surface area contributed by atoms with Crippen molar-refractivity contribution < 1.29 is 14.3 Å². The van der Waals surface area contributed by atoms with E-state index in [1.165, 1.54) is 0 Å². The van der Waals surface area contributed by atoms with Crippen molar-refractivity contribution in [2.75, 3.05) is 11.9 Å². The summed E-state index contributed by atoms with van der Waals surface area (Å²) in [6.45, 7) is 15.8. The Morgan fingerprint density at radius 1 is 0.969 bits per heavy atom. The van der Waals surface area contributed by atoms with Gasteiger partial charge in [0.15, 0.2) is 0 Å². The van der Waals surface area contributed by atoms with Crippen LogP contribution >= 0.6 is 0 Å². The normalized spacial score (nSPS) is 11.8. The van der Waals surface area contributed by atoms with Crippen LogP contribution in [0.2, 0.25) is 0 Å². The Bertz CT molecular complexity index is 825. The molecule has 0 fully saturated rings. The highest BCUT2D eigenvalue weighted by Gasteiger charge is 2.40. The van der Waals surface area contributed by atoms with Crippen molar-refractivity contribution in [1.29, 1.82) is 0 Å². The van der Waals surface area contributed by atoms with Gasteiger partial charge in [-0.05, 0) is 73.8 Å². The fourth-order valence-electron chi connectivity index (χ4n) is 4.29. The molecular formula is C28H41NO3. The zero-order valence-electron chi connectivity index (χ0n) is 21.0. The van der Waals surface area contributed by atoms with Gasteiger partial charge in [0.1, 0.15) is 18.0 Å². The second kappa shape index (κ2) is 12.1. The maximum absolute atomic E-state index is 13.6. The van der Waals surface area contributed by atoms with Crippen LogP contribution in [0.5, 0.6) is 5.75 Å². The lowest BCUT2D eigenvalue weighted by molar-refractivity contribution is -0.147. The van der Waals surface area contributed by atoms with Crippen LogP contribution in [0.25, 0.3) is 0 Å². The molecule has 0 heterocycles. The summed E-state index contributed by atoms with van der Waals surface area (Å²) in [5.74, 6) is 1.52. The van der Waals surface area contributed by atoms with Gasteiger partial charge in [-0.15, -0.1) is 0 Å². The fourth-order valence-corrected chi connectivity index (χ4v) is 4.29. The van der Waals surface area contributed by atoms with Crippen LogP contribution in [0, 0.1) is 25.7 Å². The quantitative estimate of drug-likeness (QED) is 0.384. The summed E-state index contributed by atoms with van der Waals surface area (Å²) < 4.78 is 12.4. The van der Waals surface area contributed by atoms with Gasteiger partial charge in [-0.2, -0.15) is 0 Å². The zero-order chi connectivity index (χ0) is 23.7. The topological polar surface area (TPSA) is 47.6 Å². The number of aryl methyl sites for hydroxylation is 2. The highest BCUT2D eigenvalue weighted by atomic mass is 16.5. The van der Waals surface area contributed by atoms with Crippen LogP contribution in [0.3, 0.4) is 0 Å². The predicted molar refractivity (Wildman–Crippen MR) is 133 cm³/mol. The molecule has 2 aromatic carbocycles. The Kier molecular flexibility index (Phi) is 9.77. The Labute approximate surface area is 194 Å². The van der Waals surface area contributed by atoms with E-state index in [-0.39, 0.29) is 5.91 Å². The van der Waals surface area contributed by atoms with Crippen LogP contribution in [-0.4, -0.2) is 18.1 Å². The summed E-state index contributed by atoms with van der Waals surface area (Å²) in [6.07, 6.45) is 2.29. The average molecular weight is 440 g/mol. The molecule has 0 spiro atoms. The Hall–Kier alpha value is -2.33. The number of carbonyl (C=O) groups excluding carboxylic acids is 1. The van der Waals surface area contributed by atoms with Gasteiger partial charge >= 0.3 is 0 Å². The Balaban J connectivity index is 2.23. The third-order valence-corrected chi connectivity index (χ3v) is 5.42. The second-order valence-corrected chi connectivity index (χ2v) is 9.71. The van der Waals surface area contributed by atoms with Crippen molar-refractivity contribution >= 4 is 11.6 Å². The largest absolute Gasteiger partial charge is 0.488 e. The molecule has 4 nitrogen and oxygen atoms in total. The van der Waals surface area contributed by atoms with E-state index in [9.17, 15) is 4.79 Å². The lowest BCUT2D eigenvalue weighted by atomic mass is 9.83. The van der Waals surface area contributed by atoms with Gasteiger partial charge in [0.05, 0.1) is 0 Å². The molecule has 32 heavy (non-hydrogen) atoms. The van der Waals surface area contributed by atoms with Crippen LogP contribution in [0.4, 0.5) is 5.69 Å². The number of rotatable bonds is 12. The van der Waals surface area contributed by atoms with Gasteiger partial charge < -0.3 is 14.8 Å². The van der Waals surface area contributed by atoms with Crippen LogP contribution in [-0.2, 0) is 16.1 Å². The first kappa shape index (κ1) is 25.9. The molecule has 0 bridgehead atoms. The number of nitrogens with one attached hydrogen (secondary N) is 1. The molecule has 0 saturated heterocycles. The van der Waals surface area contributed by atoms with Crippen molar-refractivity contribution in [2.45, 2.75) is 79.9 Å². The average Bonchev–Trinajstić information content (AvgIpc) is 2.71. The molecule has 0 aromatic heterocycles. The van der Waals surface area contributed by atoms with Crippen molar-refractivity contribution in [3.05, 3.63) is 59.2 Å². The molecule has 1 amide bonds. The lowest BCUT2D eigenvalue weighted by Gasteiger charge is -2.35. The van der Waals surface area contributed by atoms with Crippen LogP contribution < -0.4 is 10.1 Å². The molecule has 0 aliphatic heterocycles. The summed E-state index contributed by atoms with van der Waals surface area (Å²) >= 11 is 0. The third-order valence-electron chi connectivity index (χ3n) is 5.42. The summed E-state index contributed by atoms with van der Waals surface area (Å²) in [6, 6.07) is 14.1. The van der Waals surface area contributed by atoms with Crippen LogP contribution in [0.1, 0.15) is 70.6 Å². The van der Waals surface area contributed by atoms with Gasteiger partial charge in [-0.25, -0.2) is 0 Å². The first-order chi connectivity index (χ1) is 15.2. The molecule has 2 rings (SSSR count). The molecular weight excluding hydrogens is 398 g/mol. The zero-order valence-corrected chi connectivity index (χ0v) is 21.0. The van der Waals surface area contributed by atoms with Gasteiger partial charge in [0.2, 0.25) is 0 Å². The monoisotopic (exact) mass is 439 g/mol. The molecule has 0 unspecified atom stereocenters. The highest BCUT2D eigenvalue weighted by Crippen LogP contribution is 2.33. The molecule has 1 N–H and O–H groups in total. The molecule has 2 aromatic rings. The summed E-state index contributed by atoms with van der Waals surface area (Å²) in [5.41, 5.74) is 3.11. The molecule has 0 saturated carbocycles. The van der Waals surface area contributed by atoms with Crippen molar-refractivity contribution in [1.82, 2.24) is 0 Å². The van der Waals surface area contributed by atoms with Gasteiger partial charge in [-0.1, -0.05) is 65.0 Å². The first-order valence-electron chi connectivity index (χ1n) is 11.9. The minimum Gasteiger partial charge on any atom is -0.488 e. The number of carbonyl (C=O) groups is 1.